The predicted octanol–water partition coefficient (Wildman–Crippen LogP) is -4.22. The van der Waals surface area contributed by atoms with Crippen LogP contribution in [0.3, 0.4) is 0 Å². The van der Waals surface area contributed by atoms with E-state index in [2.05, 4.69) is 77.4 Å². The van der Waals surface area contributed by atoms with E-state index in [1.165, 1.54) is 20.4 Å². The van der Waals surface area contributed by atoms with Crippen LogP contribution >= 0.6 is 28.2 Å². The molecule has 1 rings (SSSR count). The standard InChI is InChI=1S/C11H24N2O5S2.C11H24N2O3S.C10H22N2O2S.C6H17N2OP.C6H16N2O.C5H15N2OP.C4H10NOP.CH5N.Ac/c1-8(7-19(4)16)11(15)12-9(2)10(14)6-13(3)20(5,17)18;1-8(7-17(5)16)11(15)12-9(2)10(14)6-13(3)4;1-7(6-15)10(14)11-8(2)9(13)5-12(3)4;1-5(7-10)6(9)4-8(2)3;1-5(7)6(9)4-8(2)3;1-4(7-9)5(8)3-6-2;1-3(5-7)4-2-6-4;1-2;/h8-10,14H,6-7H2,1-5H3,(H,12,15);8-10,14H,6-7H2,1-5H3,(H,12,15);7-9,13,15H,5-6H2,1-4H3,(H,11,14);5-7,9H,4,10H2,1-3H3;5-6,9H,4,7H2,1-3H3;4-8H,3,9H2,1-2H3;3-5H,2,7H2,1H3;2H2,1H3;/p-1/t8?,9-,10+,19?;8?,9-,10+,17?;7?,8-,9+;2*5-,6+;4-,5+;3-,4+;;/m0000000../s1. The van der Waals surface area contributed by atoms with Crippen LogP contribution in [0.15, 0.2) is 0 Å². The molecule has 0 aliphatic carbocycles. The fourth-order valence-electron chi connectivity index (χ4n) is 6.07. The van der Waals surface area contributed by atoms with E-state index in [1.807, 2.05) is 96.9 Å². The first-order chi connectivity index (χ1) is 40.7. The molecule has 545 valence electrons. The second kappa shape index (κ2) is 63.5. The fourth-order valence-corrected chi connectivity index (χ4v) is 9.02. The maximum Gasteiger partial charge on any atom is 0.224 e. The smallest absolute Gasteiger partial charge is 0.224 e. The van der Waals surface area contributed by atoms with Gasteiger partial charge in [-0.25, -0.2) is 12.7 Å². The molecule has 0 bridgehead atoms. The summed E-state index contributed by atoms with van der Waals surface area (Å²) in [6, 6.07) is -0.520. The number of nitrogens with one attached hydrogen (secondary N) is 7. The summed E-state index contributed by atoms with van der Waals surface area (Å²) < 4.78 is 50.5. The first-order valence-electron chi connectivity index (χ1n) is 29.4. The quantitative estimate of drug-likeness (QED) is 0.0165. The van der Waals surface area contributed by atoms with Gasteiger partial charge in [0.2, 0.25) is 27.7 Å². The second-order valence-electron chi connectivity index (χ2n) is 23.4. The van der Waals surface area contributed by atoms with Crippen molar-refractivity contribution in [1.29, 1.82) is 0 Å². The summed E-state index contributed by atoms with van der Waals surface area (Å²) in [4.78, 5) is 42.6. The van der Waals surface area contributed by atoms with Gasteiger partial charge in [0.1, 0.15) is 0 Å². The third kappa shape index (κ3) is 67.6. The Morgan fingerprint density at radius 1 is 0.556 bits per heavy atom. The topological polar surface area (TPSA) is 406 Å². The molecular formula is C54H132AcN14O14P3S4-. The number of aliphatic hydroxyl groups is 6. The van der Waals surface area contributed by atoms with Gasteiger partial charge in [0.15, 0.2) is 0 Å². The van der Waals surface area contributed by atoms with Gasteiger partial charge in [-0.05, 0) is 119 Å². The van der Waals surface area contributed by atoms with Gasteiger partial charge in [0.05, 0.1) is 73.7 Å². The van der Waals surface area contributed by atoms with Crippen molar-refractivity contribution >= 4 is 90.1 Å². The van der Waals surface area contributed by atoms with Gasteiger partial charge < -0.3 is 100 Å². The maximum atomic E-state index is 11.8. The second-order valence-corrected chi connectivity index (χ2v) is 29.8. The summed E-state index contributed by atoms with van der Waals surface area (Å²) in [6.07, 6.45) is 1.43. The third-order valence-electron chi connectivity index (χ3n) is 12.5. The summed E-state index contributed by atoms with van der Waals surface area (Å²) in [5.41, 5.74) is 9.91. The number of carbonyl (C=O) groups excluding carboxylic acids is 3. The van der Waals surface area contributed by atoms with Crippen molar-refractivity contribution in [3.63, 3.8) is 0 Å². The van der Waals surface area contributed by atoms with Crippen LogP contribution in [0.5, 0.6) is 0 Å². The van der Waals surface area contributed by atoms with Crippen LogP contribution in [0.4, 0.5) is 0 Å². The molecule has 1 aliphatic heterocycles. The minimum Gasteiger partial charge on any atom is -0.792 e. The summed E-state index contributed by atoms with van der Waals surface area (Å²) in [5.74, 6) is -0.454. The largest absolute Gasteiger partial charge is 0.792 e. The van der Waals surface area contributed by atoms with Crippen LogP contribution in [0.2, 0.25) is 0 Å². The zero-order valence-electron chi connectivity index (χ0n) is 59.2. The van der Waals surface area contributed by atoms with Gasteiger partial charge in [-0.2, -0.15) is 5.75 Å². The molecule has 28 nitrogen and oxygen atoms in total. The number of likely N-dealkylation sites (N-methyl/N-ethyl adjacent to an activating group) is 6. The van der Waals surface area contributed by atoms with Crippen molar-refractivity contribution in [2.24, 2.45) is 29.2 Å². The molecule has 22 atom stereocenters. The first-order valence-corrected chi connectivity index (χ1v) is 37.0. The molecule has 0 aromatic carbocycles. The van der Waals surface area contributed by atoms with Crippen molar-refractivity contribution in [3.05, 3.63) is 0 Å². The Kier molecular flexibility index (Phi) is 75.5. The molecule has 3 amide bonds. The fraction of sp³-hybridized carbons (Fsp3) is 0.944. The normalized spacial score (nSPS) is 18.5. The number of carbonyl (C=O) groups is 3. The number of amides is 3. The van der Waals surface area contributed by atoms with Gasteiger partial charge in [-0.1, -0.05) is 48.9 Å². The number of hydrogen-bond donors (Lipinski definition) is 15. The van der Waals surface area contributed by atoms with Gasteiger partial charge in [0.25, 0.3) is 0 Å². The molecule has 0 aromatic rings. The molecule has 0 aromatic heterocycles. The SMILES string of the molecule is CC(CS(C)=O)C(=O)N[C@@H](C)[C@H](O)CN(C)C.CC(CS(C)=O)C(=O)N[C@@H](C)[C@H](O)CN(C)S(C)(=O)=O.CC(C[S-])C(=O)N[C@@H](C)[C@H](O)CN(C)C.CN.CNC[C@@H](O)[C@H](C)NP.C[C@H](N)[C@H](O)CN(C)C.C[C@H](NP)[C@H](O)CN(C)C.C[C@H](NP)[C@H]1CO1.[Ac]. The van der Waals surface area contributed by atoms with Crippen LogP contribution in [0.1, 0.15) is 69.2 Å². The zero-order chi connectivity index (χ0) is 71.8. The summed E-state index contributed by atoms with van der Waals surface area (Å²) in [7, 11) is 21.7. The average Bonchev–Trinajstić information content (AvgIpc) is 3.38. The Labute approximate surface area is 599 Å². The minimum absolute atomic E-state index is 0. The predicted molar refractivity (Wildman–Crippen MR) is 382 cm³/mol. The summed E-state index contributed by atoms with van der Waals surface area (Å²) in [6.45, 7) is 21.9. The van der Waals surface area contributed by atoms with E-state index in [0.717, 1.165) is 17.2 Å². The zero-order valence-corrected chi connectivity index (χ0v) is 70.6. The molecule has 36 heteroatoms. The van der Waals surface area contributed by atoms with E-state index in [9.17, 15) is 56.8 Å². The molecular weight excluding hydrogens is 1520 g/mol. The van der Waals surface area contributed by atoms with E-state index in [4.69, 9.17) is 28.2 Å². The van der Waals surface area contributed by atoms with Crippen molar-refractivity contribution in [1.82, 2.24) is 60.4 Å². The van der Waals surface area contributed by atoms with Crippen molar-refractivity contribution in [2.45, 2.75) is 154 Å². The molecule has 8 unspecified atom stereocenters. The first kappa shape index (κ1) is 107. The molecule has 17 N–H and O–H groups in total. The van der Waals surface area contributed by atoms with Crippen molar-refractivity contribution < 1.29 is 111 Å². The maximum absolute atomic E-state index is 11.8. The van der Waals surface area contributed by atoms with Crippen LogP contribution < -0.4 is 48.0 Å². The summed E-state index contributed by atoms with van der Waals surface area (Å²) in [5, 5.41) is 76.8. The third-order valence-corrected chi connectivity index (χ3v) is 17.8. The number of aliphatic hydroxyl groups excluding tert-OH is 6. The van der Waals surface area contributed by atoms with E-state index in [-0.39, 0.29) is 128 Å². The van der Waals surface area contributed by atoms with E-state index < -0.39 is 68.0 Å². The molecule has 0 saturated carbocycles. The minimum atomic E-state index is -3.37. The van der Waals surface area contributed by atoms with E-state index >= 15 is 0 Å². The van der Waals surface area contributed by atoms with E-state index in [0.29, 0.717) is 56.4 Å². The molecule has 1 radical (unpaired) electrons. The monoisotopic (exact) mass is 1650 g/mol. The molecule has 1 heterocycles. The number of sulfonamides is 1. The Hall–Kier alpha value is 1.02. The van der Waals surface area contributed by atoms with Gasteiger partial charge in [-0.15, -0.1) is 0 Å². The Morgan fingerprint density at radius 3 is 1.04 bits per heavy atom. The number of rotatable bonds is 34. The molecule has 1 saturated heterocycles. The van der Waals surface area contributed by atoms with Crippen LogP contribution in [-0.4, -0.2) is 334 Å². The number of nitrogens with zero attached hydrogens (tertiary/aromatic N) is 5. The summed E-state index contributed by atoms with van der Waals surface area (Å²) >= 11 is 4.81. The van der Waals surface area contributed by atoms with Crippen LogP contribution in [0, 0.1) is 61.8 Å². The van der Waals surface area contributed by atoms with Gasteiger partial charge >= 0.3 is 0 Å². The Bertz CT molecular complexity index is 1900. The molecule has 1 aliphatic rings. The molecule has 0 spiro atoms. The van der Waals surface area contributed by atoms with Gasteiger partial charge in [0, 0.05) is 178 Å². The number of hydrogen-bond acceptors (Lipinski definition) is 25. The Balaban J connectivity index is -0.000000148. The van der Waals surface area contributed by atoms with Crippen molar-refractivity contribution in [3.8, 4) is 0 Å². The molecule has 1 fully saturated rings. The van der Waals surface area contributed by atoms with E-state index in [1.54, 1.807) is 54.7 Å². The number of ether oxygens (including phenoxy) is 1. The molecule has 90 heavy (non-hydrogen) atoms. The number of epoxide rings is 1. The number of nitrogens with two attached hydrogens (primary N) is 2. The van der Waals surface area contributed by atoms with Crippen LogP contribution in [-0.2, 0) is 63.4 Å². The average molecular weight is 1650 g/mol. The van der Waals surface area contributed by atoms with Crippen molar-refractivity contribution in [2.75, 3.05) is 159 Å². The van der Waals surface area contributed by atoms with Gasteiger partial charge in [-0.3, -0.25) is 38.1 Å². The Morgan fingerprint density at radius 2 is 0.833 bits per heavy atom. The van der Waals surface area contributed by atoms with Crippen LogP contribution in [0.25, 0.3) is 0 Å².